The first-order valence-corrected chi connectivity index (χ1v) is 6.18. The summed E-state index contributed by atoms with van der Waals surface area (Å²) in [6.45, 7) is 1.33. The number of aliphatic imine (C=N–C) groups is 1. The number of aliphatic hydroxyl groups excluding tert-OH is 2. The van der Waals surface area contributed by atoms with E-state index in [0.29, 0.717) is 28.1 Å². The highest BCUT2D eigenvalue weighted by Gasteiger charge is 2.09. The number of aryl methyl sites for hydroxylation is 1. The molecule has 0 bridgehead atoms. The van der Waals surface area contributed by atoms with Gasteiger partial charge in [-0.25, -0.2) is 0 Å². The third-order valence-electron chi connectivity index (χ3n) is 3.02. The number of pyridine rings is 1. The normalized spacial score (nSPS) is 11.2. The van der Waals surface area contributed by atoms with Gasteiger partial charge in [0.2, 0.25) is 0 Å². The predicted octanol–water partition coefficient (Wildman–Crippen LogP) is 1.83. The largest absolute Gasteiger partial charge is 0.505 e. The van der Waals surface area contributed by atoms with Crippen molar-refractivity contribution in [2.45, 2.75) is 20.1 Å². The van der Waals surface area contributed by atoms with Gasteiger partial charge in [0, 0.05) is 29.1 Å². The molecule has 1 aromatic carbocycles. The number of rotatable bonds is 4. The maximum absolute atomic E-state index is 10.00. The Bertz CT molecular complexity index is 639. The van der Waals surface area contributed by atoms with Crippen molar-refractivity contribution >= 4 is 11.9 Å². The van der Waals surface area contributed by atoms with E-state index in [1.807, 2.05) is 12.1 Å². The monoisotopic (exact) mass is 272 g/mol. The number of aliphatic hydroxyl groups is 2. The van der Waals surface area contributed by atoms with E-state index in [4.69, 9.17) is 0 Å². The molecule has 0 aliphatic heterocycles. The van der Waals surface area contributed by atoms with Gasteiger partial charge in [0.1, 0.15) is 5.75 Å². The molecular weight excluding hydrogens is 256 g/mol. The van der Waals surface area contributed by atoms with E-state index in [9.17, 15) is 15.3 Å². The molecule has 2 rings (SSSR count). The molecule has 0 fully saturated rings. The standard InChI is InChI=1S/C15H16N2O3/c1-10-15(20)13(12(9-19)6-16-10)7-17-14-5-3-2-4-11(14)8-18/h2-7,18-20H,8-9H2,1H3. The highest BCUT2D eigenvalue weighted by Crippen LogP contribution is 2.24. The first-order chi connectivity index (χ1) is 9.67. The lowest BCUT2D eigenvalue weighted by Crippen LogP contribution is -1.98. The minimum Gasteiger partial charge on any atom is -0.505 e. The molecule has 3 N–H and O–H groups in total. The Morgan fingerprint density at radius 1 is 1.15 bits per heavy atom. The topological polar surface area (TPSA) is 85.9 Å². The van der Waals surface area contributed by atoms with Crippen LogP contribution >= 0.6 is 0 Å². The Labute approximate surface area is 116 Å². The highest BCUT2D eigenvalue weighted by molar-refractivity contribution is 5.87. The van der Waals surface area contributed by atoms with Crippen LogP contribution < -0.4 is 0 Å². The average molecular weight is 272 g/mol. The van der Waals surface area contributed by atoms with Crippen LogP contribution in [0.15, 0.2) is 35.5 Å². The van der Waals surface area contributed by atoms with Gasteiger partial charge in [-0.2, -0.15) is 0 Å². The molecule has 0 aliphatic rings. The lowest BCUT2D eigenvalue weighted by Gasteiger charge is -2.07. The zero-order valence-corrected chi connectivity index (χ0v) is 11.1. The van der Waals surface area contributed by atoms with Crippen LogP contribution in [0.4, 0.5) is 5.69 Å². The van der Waals surface area contributed by atoms with Crippen LogP contribution in [0.5, 0.6) is 5.75 Å². The van der Waals surface area contributed by atoms with Crippen molar-refractivity contribution < 1.29 is 15.3 Å². The van der Waals surface area contributed by atoms with Gasteiger partial charge in [0.05, 0.1) is 24.6 Å². The van der Waals surface area contributed by atoms with Crippen LogP contribution in [0.3, 0.4) is 0 Å². The van der Waals surface area contributed by atoms with E-state index >= 15 is 0 Å². The molecule has 0 saturated carbocycles. The number of nitrogens with zero attached hydrogens (tertiary/aromatic N) is 2. The average Bonchev–Trinajstić information content (AvgIpc) is 2.49. The van der Waals surface area contributed by atoms with Gasteiger partial charge in [0.25, 0.3) is 0 Å². The van der Waals surface area contributed by atoms with E-state index in [0.717, 1.165) is 0 Å². The smallest absolute Gasteiger partial charge is 0.145 e. The van der Waals surface area contributed by atoms with Gasteiger partial charge < -0.3 is 15.3 Å². The third kappa shape index (κ3) is 2.84. The summed E-state index contributed by atoms with van der Waals surface area (Å²) in [7, 11) is 0. The molecule has 1 heterocycles. The second-order valence-electron chi connectivity index (χ2n) is 4.33. The van der Waals surface area contributed by atoms with E-state index in [1.165, 1.54) is 12.4 Å². The summed E-state index contributed by atoms with van der Waals surface area (Å²) in [5.74, 6) is 0.00165. The van der Waals surface area contributed by atoms with Gasteiger partial charge in [-0.3, -0.25) is 9.98 Å². The molecule has 20 heavy (non-hydrogen) atoms. The fourth-order valence-corrected chi connectivity index (χ4v) is 1.83. The van der Waals surface area contributed by atoms with Crippen LogP contribution in [0.25, 0.3) is 0 Å². The second kappa shape index (κ2) is 6.27. The van der Waals surface area contributed by atoms with Gasteiger partial charge in [0.15, 0.2) is 0 Å². The number of aromatic nitrogens is 1. The summed E-state index contributed by atoms with van der Waals surface area (Å²) < 4.78 is 0. The summed E-state index contributed by atoms with van der Waals surface area (Å²) in [5, 5.41) is 28.5. The molecule has 1 aromatic heterocycles. The number of hydrogen-bond donors (Lipinski definition) is 3. The quantitative estimate of drug-likeness (QED) is 0.741. The second-order valence-corrected chi connectivity index (χ2v) is 4.33. The fourth-order valence-electron chi connectivity index (χ4n) is 1.83. The zero-order chi connectivity index (χ0) is 14.5. The van der Waals surface area contributed by atoms with E-state index in [2.05, 4.69) is 9.98 Å². The lowest BCUT2D eigenvalue weighted by atomic mass is 10.1. The highest BCUT2D eigenvalue weighted by atomic mass is 16.3. The Morgan fingerprint density at radius 3 is 2.55 bits per heavy atom. The maximum Gasteiger partial charge on any atom is 0.145 e. The summed E-state index contributed by atoms with van der Waals surface area (Å²) in [5.41, 5.74) is 2.72. The molecule has 0 saturated heterocycles. The number of aromatic hydroxyl groups is 1. The first kappa shape index (κ1) is 14.2. The number of para-hydroxylation sites is 1. The molecule has 0 amide bonds. The van der Waals surface area contributed by atoms with Gasteiger partial charge in [-0.15, -0.1) is 0 Å². The van der Waals surface area contributed by atoms with Gasteiger partial charge in [-0.05, 0) is 13.0 Å². The Morgan fingerprint density at radius 2 is 1.85 bits per heavy atom. The lowest BCUT2D eigenvalue weighted by molar-refractivity contribution is 0.280. The molecule has 5 nitrogen and oxygen atoms in total. The first-order valence-electron chi connectivity index (χ1n) is 6.18. The van der Waals surface area contributed by atoms with Crippen LogP contribution in [-0.2, 0) is 13.2 Å². The van der Waals surface area contributed by atoms with Crippen molar-refractivity contribution in [3.05, 3.63) is 52.8 Å². The molecule has 0 unspecified atom stereocenters. The third-order valence-corrected chi connectivity index (χ3v) is 3.02. The van der Waals surface area contributed by atoms with Gasteiger partial charge >= 0.3 is 0 Å². The van der Waals surface area contributed by atoms with Crippen LogP contribution in [0, 0.1) is 6.92 Å². The van der Waals surface area contributed by atoms with Crippen molar-refractivity contribution in [3.63, 3.8) is 0 Å². The molecular formula is C15H16N2O3. The molecule has 2 aromatic rings. The van der Waals surface area contributed by atoms with Crippen LogP contribution in [-0.4, -0.2) is 26.5 Å². The fraction of sp³-hybridized carbons (Fsp3) is 0.200. The molecule has 5 heteroatoms. The summed E-state index contributed by atoms with van der Waals surface area (Å²) in [6, 6.07) is 7.18. The maximum atomic E-state index is 10.00. The van der Waals surface area contributed by atoms with Crippen LogP contribution in [0.2, 0.25) is 0 Å². The van der Waals surface area contributed by atoms with Crippen molar-refractivity contribution in [2.75, 3.05) is 0 Å². The Hall–Kier alpha value is -2.24. The van der Waals surface area contributed by atoms with E-state index in [1.54, 1.807) is 19.1 Å². The summed E-state index contributed by atoms with van der Waals surface area (Å²) >= 11 is 0. The van der Waals surface area contributed by atoms with Gasteiger partial charge in [-0.1, -0.05) is 18.2 Å². The number of benzene rings is 1. The number of hydrogen-bond acceptors (Lipinski definition) is 5. The molecule has 104 valence electrons. The summed E-state index contributed by atoms with van der Waals surface area (Å²) in [4.78, 5) is 8.26. The van der Waals surface area contributed by atoms with Crippen LogP contribution in [0.1, 0.15) is 22.4 Å². The predicted molar refractivity (Wildman–Crippen MR) is 76.2 cm³/mol. The van der Waals surface area contributed by atoms with Crippen molar-refractivity contribution in [2.24, 2.45) is 4.99 Å². The van der Waals surface area contributed by atoms with Crippen molar-refractivity contribution in [1.29, 1.82) is 0 Å². The molecule has 0 radical (unpaired) electrons. The Kier molecular flexibility index (Phi) is 4.45. The SMILES string of the molecule is Cc1ncc(CO)c(C=Nc2ccccc2CO)c1O. The molecule has 0 aliphatic carbocycles. The van der Waals surface area contributed by atoms with Crippen molar-refractivity contribution in [3.8, 4) is 5.75 Å². The van der Waals surface area contributed by atoms with E-state index in [-0.39, 0.29) is 19.0 Å². The minimum atomic E-state index is -0.232. The Balaban J connectivity index is 2.43. The summed E-state index contributed by atoms with van der Waals surface area (Å²) in [6.07, 6.45) is 2.98. The minimum absolute atomic E-state index is 0.00165. The zero-order valence-electron chi connectivity index (χ0n) is 11.1. The van der Waals surface area contributed by atoms with E-state index < -0.39 is 0 Å². The molecule has 0 atom stereocenters. The van der Waals surface area contributed by atoms with Crippen molar-refractivity contribution in [1.82, 2.24) is 4.98 Å². The molecule has 0 spiro atoms.